The van der Waals surface area contributed by atoms with Crippen LogP contribution in [0.25, 0.3) is 0 Å². The third-order valence-electron chi connectivity index (χ3n) is 5.50. The van der Waals surface area contributed by atoms with E-state index in [1.807, 2.05) is 34.9 Å². The van der Waals surface area contributed by atoms with Crippen LogP contribution in [0.5, 0.6) is 5.75 Å². The second-order valence-electron chi connectivity index (χ2n) is 7.18. The quantitative estimate of drug-likeness (QED) is 0.836. The summed E-state index contributed by atoms with van der Waals surface area (Å²) in [4.78, 5) is 26.0. The lowest BCUT2D eigenvalue weighted by atomic mass is 9.83. The van der Waals surface area contributed by atoms with Crippen LogP contribution in [0.4, 0.5) is 0 Å². The first-order valence-electron chi connectivity index (χ1n) is 8.84. The number of fused-ring (bicyclic) bond motifs is 4. The molecule has 1 fully saturated rings. The van der Waals surface area contributed by atoms with Crippen molar-refractivity contribution in [1.82, 2.24) is 4.57 Å². The zero-order valence-electron chi connectivity index (χ0n) is 14.4. The van der Waals surface area contributed by atoms with Gasteiger partial charge in [0.15, 0.2) is 0 Å². The largest absolute Gasteiger partial charge is 0.497 e. The number of methoxy groups -OCH3 is 1. The van der Waals surface area contributed by atoms with Gasteiger partial charge in [-0.15, -0.1) is 0 Å². The van der Waals surface area contributed by atoms with Gasteiger partial charge in [0.05, 0.1) is 20.2 Å². The molecule has 1 N–H and O–H groups in total. The lowest BCUT2D eigenvalue weighted by Gasteiger charge is -2.40. The van der Waals surface area contributed by atoms with Crippen molar-refractivity contribution in [1.29, 1.82) is 0 Å². The average Bonchev–Trinajstić information content (AvgIpc) is 2.62. The van der Waals surface area contributed by atoms with Gasteiger partial charge in [-0.05, 0) is 36.8 Å². The van der Waals surface area contributed by atoms with Crippen molar-refractivity contribution in [2.75, 3.05) is 26.7 Å². The van der Waals surface area contributed by atoms with Gasteiger partial charge < -0.3 is 14.2 Å². The Bertz CT molecular complexity index is 841. The van der Waals surface area contributed by atoms with Crippen LogP contribution in [-0.2, 0) is 6.54 Å². The van der Waals surface area contributed by atoms with Crippen LogP contribution in [0.1, 0.15) is 28.4 Å². The van der Waals surface area contributed by atoms with Gasteiger partial charge in [-0.3, -0.25) is 9.59 Å². The molecule has 2 aromatic rings. The number of ketones is 1. The van der Waals surface area contributed by atoms with Gasteiger partial charge in [-0.2, -0.15) is 0 Å². The third kappa shape index (κ3) is 3.12. The predicted octanol–water partition coefficient (Wildman–Crippen LogP) is 0.742. The number of piperidine rings is 1. The fourth-order valence-electron chi connectivity index (χ4n) is 4.37. The van der Waals surface area contributed by atoms with Crippen molar-refractivity contribution in [3.8, 4) is 5.75 Å². The molecule has 130 valence electrons. The Kier molecular flexibility index (Phi) is 4.17. The SMILES string of the molecule is COc1ccc(C(=O)C[NH+]2C[C@H]3C[C@@H](C2)c2cccc(=O)n2C3)cc1. The smallest absolute Gasteiger partial charge is 0.250 e. The van der Waals surface area contributed by atoms with Crippen LogP contribution in [0.3, 0.4) is 0 Å². The van der Waals surface area contributed by atoms with Crippen molar-refractivity contribution in [3.63, 3.8) is 0 Å². The molecule has 25 heavy (non-hydrogen) atoms. The summed E-state index contributed by atoms with van der Waals surface area (Å²) in [5.41, 5.74) is 1.98. The highest BCUT2D eigenvalue weighted by Gasteiger charge is 2.37. The van der Waals surface area contributed by atoms with Crippen LogP contribution >= 0.6 is 0 Å². The zero-order valence-corrected chi connectivity index (χ0v) is 14.4. The number of ether oxygens (including phenoxy) is 1. The minimum Gasteiger partial charge on any atom is -0.497 e. The topological polar surface area (TPSA) is 52.7 Å². The summed E-state index contributed by atoms with van der Waals surface area (Å²) in [6, 6.07) is 12.9. The molecule has 0 radical (unpaired) electrons. The number of Topliss-reactive ketones (excluding diaryl/α,β-unsaturated/α-hetero) is 1. The summed E-state index contributed by atoms with van der Waals surface area (Å²) in [6.45, 7) is 3.17. The molecule has 1 unspecified atom stereocenters. The van der Waals surface area contributed by atoms with Crippen molar-refractivity contribution in [2.45, 2.75) is 18.9 Å². The first-order valence-corrected chi connectivity index (χ1v) is 8.84. The molecule has 1 saturated heterocycles. The molecule has 5 nitrogen and oxygen atoms in total. The highest BCUT2D eigenvalue weighted by molar-refractivity contribution is 5.96. The maximum absolute atomic E-state index is 12.6. The maximum Gasteiger partial charge on any atom is 0.250 e. The molecular weight excluding hydrogens is 316 g/mol. The molecule has 2 aliphatic heterocycles. The van der Waals surface area contributed by atoms with Crippen molar-refractivity contribution in [3.05, 3.63) is 64.1 Å². The highest BCUT2D eigenvalue weighted by atomic mass is 16.5. The van der Waals surface area contributed by atoms with E-state index < -0.39 is 0 Å². The molecule has 1 aromatic heterocycles. The van der Waals surface area contributed by atoms with Gasteiger partial charge in [0, 0.05) is 35.7 Å². The van der Waals surface area contributed by atoms with Crippen LogP contribution in [0, 0.1) is 5.92 Å². The number of nitrogens with zero attached hydrogens (tertiary/aromatic N) is 1. The predicted molar refractivity (Wildman–Crippen MR) is 94.4 cm³/mol. The van der Waals surface area contributed by atoms with Crippen LogP contribution in [0.2, 0.25) is 0 Å². The fourth-order valence-corrected chi connectivity index (χ4v) is 4.37. The molecule has 2 bridgehead atoms. The molecule has 0 amide bonds. The summed E-state index contributed by atoms with van der Waals surface area (Å²) in [5, 5.41) is 0. The van der Waals surface area contributed by atoms with Gasteiger partial charge in [-0.25, -0.2) is 0 Å². The molecule has 4 rings (SSSR count). The summed E-state index contributed by atoms with van der Waals surface area (Å²) < 4.78 is 7.08. The Labute approximate surface area is 146 Å². The monoisotopic (exact) mass is 339 g/mol. The lowest BCUT2D eigenvalue weighted by molar-refractivity contribution is -0.902. The standard InChI is InChI=1S/C20H22N2O3/c1-25-17-7-5-15(6-8-17)19(23)13-21-10-14-9-16(12-21)18-3-2-4-20(24)22(18)11-14/h2-8,14,16H,9-13H2,1H3/p+1/t14-,16+/m1/s1. The Morgan fingerprint density at radius 2 is 2.00 bits per heavy atom. The van der Waals surface area contributed by atoms with Crippen LogP contribution in [0.15, 0.2) is 47.3 Å². The molecule has 0 saturated carbocycles. The minimum absolute atomic E-state index is 0.102. The molecule has 2 aliphatic rings. The van der Waals surface area contributed by atoms with Gasteiger partial charge in [0.2, 0.25) is 5.78 Å². The van der Waals surface area contributed by atoms with E-state index in [1.54, 1.807) is 13.2 Å². The van der Waals surface area contributed by atoms with E-state index in [4.69, 9.17) is 4.74 Å². The van der Waals surface area contributed by atoms with E-state index in [0.29, 0.717) is 18.4 Å². The zero-order chi connectivity index (χ0) is 17.4. The average molecular weight is 339 g/mol. The second-order valence-corrected chi connectivity index (χ2v) is 7.18. The number of aromatic nitrogens is 1. The number of likely N-dealkylation sites (tertiary alicyclic amines) is 1. The molecule has 1 aromatic carbocycles. The highest BCUT2D eigenvalue weighted by Crippen LogP contribution is 2.30. The molecule has 5 heteroatoms. The second kappa shape index (κ2) is 6.48. The lowest BCUT2D eigenvalue weighted by Crippen LogP contribution is -3.15. The third-order valence-corrected chi connectivity index (χ3v) is 5.50. The maximum atomic E-state index is 12.6. The summed E-state index contributed by atoms with van der Waals surface area (Å²) in [6.07, 6.45) is 1.13. The van der Waals surface area contributed by atoms with Crippen molar-refractivity contribution < 1.29 is 14.4 Å². The number of benzene rings is 1. The van der Waals surface area contributed by atoms with Crippen molar-refractivity contribution in [2.24, 2.45) is 5.92 Å². The van der Waals surface area contributed by atoms with Gasteiger partial charge in [0.25, 0.3) is 5.56 Å². The first-order chi connectivity index (χ1) is 12.1. The Hall–Kier alpha value is -2.40. The Balaban J connectivity index is 1.48. The summed E-state index contributed by atoms with van der Waals surface area (Å²) in [5.74, 6) is 1.78. The number of hydrogen-bond donors (Lipinski definition) is 1. The van der Waals surface area contributed by atoms with Gasteiger partial charge >= 0.3 is 0 Å². The minimum atomic E-state index is 0.102. The molecular formula is C20H23N2O3+. The number of rotatable bonds is 4. The molecule has 0 aliphatic carbocycles. The van der Waals surface area contributed by atoms with E-state index in [-0.39, 0.29) is 11.3 Å². The summed E-state index contributed by atoms with van der Waals surface area (Å²) >= 11 is 0. The van der Waals surface area contributed by atoms with Crippen LogP contribution < -0.4 is 15.2 Å². The fraction of sp³-hybridized carbons (Fsp3) is 0.400. The van der Waals surface area contributed by atoms with Crippen LogP contribution in [-0.4, -0.2) is 37.1 Å². The Morgan fingerprint density at radius 3 is 2.76 bits per heavy atom. The number of carbonyl (C=O) groups excluding carboxylic acids is 1. The van der Waals surface area contributed by atoms with Gasteiger partial charge in [-0.1, -0.05) is 6.07 Å². The number of nitrogens with one attached hydrogen (secondary N) is 1. The Morgan fingerprint density at radius 1 is 1.20 bits per heavy atom. The summed E-state index contributed by atoms with van der Waals surface area (Å²) in [7, 11) is 1.62. The normalized spacial score (nSPS) is 24.4. The molecule has 0 spiro atoms. The van der Waals surface area contributed by atoms with E-state index in [9.17, 15) is 9.59 Å². The van der Waals surface area contributed by atoms with Gasteiger partial charge in [0.1, 0.15) is 12.3 Å². The van der Waals surface area contributed by atoms with E-state index in [1.165, 1.54) is 4.90 Å². The number of quaternary nitrogens is 1. The molecule has 3 heterocycles. The van der Waals surface area contributed by atoms with E-state index in [2.05, 4.69) is 6.07 Å². The van der Waals surface area contributed by atoms with Crippen molar-refractivity contribution >= 4 is 5.78 Å². The van der Waals surface area contributed by atoms with E-state index in [0.717, 1.165) is 43.1 Å². The first kappa shape index (κ1) is 16.1. The number of carbonyl (C=O) groups is 1. The van der Waals surface area contributed by atoms with E-state index >= 15 is 0 Å². The number of pyridine rings is 1. The number of hydrogen-bond acceptors (Lipinski definition) is 3. The molecule has 3 atom stereocenters.